The molecule has 1 amide bonds. The molecule has 0 heterocycles. The quantitative estimate of drug-likeness (QED) is 0.815. The molecule has 0 saturated heterocycles. The molecule has 0 bridgehead atoms. The van der Waals surface area contributed by atoms with Crippen molar-refractivity contribution in [1.29, 1.82) is 0 Å². The van der Waals surface area contributed by atoms with Gasteiger partial charge in [0.1, 0.15) is 5.75 Å². The maximum absolute atomic E-state index is 12.7. The number of methoxy groups -OCH3 is 1. The Morgan fingerprint density at radius 3 is 2.46 bits per heavy atom. The summed E-state index contributed by atoms with van der Waals surface area (Å²) in [6.45, 7) is 0. The summed E-state index contributed by atoms with van der Waals surface area (Å²) in [4.78, 5) is 11.8. The van der Waals surface area contributed by atoms with Crippen LogP contribution in [-0.2, 0) is 11.0 Å². The van der Waals surface area contributed by atoms with Gasteiger partial charge in [0.2, 0.25) is 0 Å². The van der Waals surface area contributed by atoms with Gasteiger partial charge in [0, 0.05) is 5.69 Å². The summed E-state index contributed by atoms with van der Waals surface area (Å²) in [5.41, 5.74) is -0.382. The molecular formula is C16H13F3N2O2S. The molecule has 0 aliphatic rings. The number of amides is 1. The molecule has 126 valence electrons. The smallest absolute Gasteiger partial charge is 0.416 e. The van der Waals surface area contributed by atoms with Gasteiger partial charge in [-0.3, -0.25) is 4.79 Å². The van der Waals surface area contributed by atoms with E-state index in [-0.39, 0.29) is 10.7 Å². The second-order valence-corrected chi connectivity index (χ2v) is 5.10. The van der Waals surface area contributed by atoms with Crippen molar-refractivity contribution in [3.63, 3.8) is 0 Å². The van der Waals surface area contributed by atoms with Crippen LogP contribution in [0.25, 0.3) is 0 Å². The van der Waals surface area contributed by atoms with E-state index in [9.17, 15) is 18.0 Å². The van der Waals surface area contributed by atoms with Crippen molar-refractivity contribution < 1.29 is 22.7 Å². The minimum Gasteiger partial charge on any atom is -0.495 e. The summed E-state index contributed by atoms with van der Waals surface area (Å²) >= 11 is 4.97. The fraction of sp³-hybridized carbons (Fsp3) is 0.125. The molecule has 0 aliphatic heterocycles. The Bertz CT molecular complexity index is 763. The first kappa shape index (κ1) is 17.7. The number of carbonyl (C=O) groups excluding carboxylic acids is 1. The van der Waals surface area contributed by atoms with Crippen LogP contribution in [0.2, 0.25) is 0 Å². The monoisotopic (exact) mass is 354 g/mol. The number of alkyl halides is 3. The van der Waals surface area contributed by atoms with Crippen LogP contribution in [0.3, 0.4) is 0 Å². The van der Waals surface area contributed by atoms with Gasteiger partial charge >= 0.3 is 6.18 Å². The van der Waals surface area contributed by atoms with Crippen molar-refractivity contribution in [1.82, 2.24) is 0 Å². The van der Waals surface area contributed by atoms with Crippen molar-refractivity contribution in [2.75, 3.05) is 17.7 Å². The number of benzene rings is 2. The third kappa shape index (κ3) is 4.45. The number of hydrogen-bond acceptors (Lipinski definition) is 3. The van der Waals surface area contributed by atoms with Crippen LogP contribution in [0.15, 0.2) is 48.5 Å². The predicted octanol–water partition coefficient (Wildman–Crippen LogP) is 4.09. The Morgan fingerprint density at radius 1 is 1.08 bits per heavy atom. The Kier molecular flexibility index (Phi) is 5.40. The molecule has 2 aromatic rings. The first-order chi connectivity index (χ1) is 11.3. The second kappa shape index (κ2) is 7.31. The van der Waals surface area contributed by atoms with E-state index < -0.39 is 17.6 Å². The number of nitrogens with one attached hydrogen (secondary N) is 2. The average Bonchev–Trinajstić information content (AvgIpc) is 2.54. The van der Waals surface area contributed by atoms with Gasteiger partial charge in [0.05, 0.1) is 18.4 Å². The standard InChI is InChI=1S/C16H13F3N2O2S/c1-23-13-8-3-2-7-12(13)21-15(24)14(22)20-11-6-4-5-10(9-11)16(17,18)19/h2-9H,1H3,(H,20,22)(H,21,24). The van der Waals surface area contributed by atoms with Crippen LogP contribution in [0, 0.1) is 0 Å². The molecule has 8 heteroatoms. The van der Waals surface area contributed by atoms with E-state index in [4.69, 9.17) is 17.0 Å². The molecule has 0 spiro atoms. The lowest BCUT2D eigenvalue weighted by Gasteiger charge is -2.13. The van der Waals surface area contributed by atoms with Gasteiger partial charge in [0.25, 0.3) is 5.91 Å². The molecule has 0 unspecified atom stereocenters. The lowest BCUT2D eigenvalue weighted by atomic mass is 10.2. The summed E-state index contributed by atoms with van der Waals surface area (Å²) in [5, 5.41) is 5.03. The zero-order chi connectivity index (χ0) is 17.7. The molecule has 0 aromatic heterocycles. The first-order valence-electron chi connectivity index (χ1n) is 6.74. The minimum atomic E-state index is -4.49. The number of halogens is 3. The molecule has 4 nitrogen and oxygen atoms in total. The van der Waals surface area contributed by atoms with Crippen LogP contribution >= 0.6 is 12.2 Å². The maximum Gasteiger partial charge on any atom is 0.416 e. The van der Waals surface area contributed by atoms with Crippen molar-refractivity contribution in [3.05, 3.63) is 54.1 Å². The van der Waals surface area contributed by atoms with Gasteiger partial charge in [-0.25, -0.2) is 0 Å². The highest BCUT2D eigenvalue weighted by Gasteiger charge is 2.30. The van der Waals surface area contributed by atoms with E-state index in [1.807, 2.05) is 0 Å². The number of carbonyl (C=O) groups is 1. The van der Waals surface area contributed by atoms with E-state index in [0.717, 1.165) is 12.1 Å². The molecule has 24 heavy (non-hydrogen) atoms. The summed E-state index contributed by atoms with van der Waals surface area (Å²) < 4.78 is 43.1. The lowest BCUT2D eigenvalue weighted by molar-refractivity contribution is -0.137. The van der Waals surface area contributed by atoms with E-state index >= 15 is 0 Å². The summed E-state index contributed by atoms with van der Waals surface area (Å²) in [7, 11) is 1.46. The maximum atomic E-state index is 12.7. The highest BCUT2D eigenvalue weighted by molar-refractivity contribution is 7.82. The van der Waals surface area contributed by atoms with E-state index in [1.165, 1.54) is 19.2 Å². The summed E-state index contributed by atoms with van der Waals surface area (Å²) in [5.74, 6) is -0.248. The van der Waals surface area contributed by atoms with Crippen LogP contribution in [0.4, 0.5) is 24.5 Å². The number of rotatable bonds is 3. The minimum absolute atomic E-state index is 0.000924. The zero-order valence-corrected chi connectivity index (χ0v) is 13.3. The van der Waals surface area contributed by atoms with Crippen LogP contribution in [-0.4, -0.2) is 18.0 Å². The molecule has 2 aromatic carbocycles. The largest absolute Gasteiger partial charge is 0.495 e. The molecular weight excluding hydrogens is 341 g/mol. The normalized spacial score (nSPS) is 10.8. The van der Waals surface area contributed by atoms with Gasteiger partial charge < -0.3 is 15.4 Å². The van der Waals surface area contributed by atoms with Gasteiger partial charge in [-0.2, -0.15) is 13.2 Å². The molecule has 0 aliphatic carbocycles. The predicted molar refractivity (Wildman–Crippen MR) is 89.3 cm³/mol. The van der Waals surface area contributed by atoms with Crippen molar-refractivity contribution in [2.24, 2.45) is 0 Å². The van der Waals surface area contributed by atoms with E-state index in [2.05, 4.69) is 10.6 Å². The Labute approximate surface area is 141 Å². The van der Waals surface area contributed by atoms with Crippen molar-refractivity contribution in [3.8, 4) is 5.75 Å². The number of para-hydroxylation sites is 2. The molecule has 0 saturated carbocycles. The van der Waals surface area contributed by atoms with Gasteiger partial charge in [-0.1, -0.05) is 30.4 Å². The Morgan fingerprint density at radius 2 is 1.79 bits per heavy atom. The number of anilines is 2. The number of hydrogen-bond donors (Lipinski definition) is 2. The van der Waals surface area contributed by atoms with Crippen LogP contribution in [0.1, 0.15) is 5.56 Å². The fourth-order valence-corrected chi connectivity index (χ4v) is 2.05. The molecule has 2 rings (SSSR count). The fourth-order valence-electron chi connectivity index (χ4n) is 1.89. The molecule has 2 N–H and O–H groups in total. The zero-order valence-electron chi connectivity index (χ0n) is 12.5. The Hall–Kier alpha value is -2.61. The number of thiocarbonyl (C=S) groups is 1. The summed E-state index contributed by atoms with van der Waals surface area (Å²) in [6.07, 6.45) is -4.49. The topological polar surface area (TPSA) is 50.4 Å². The second-order valence-electron chi connectivity index (χ2n) is 4.69. The Balaban J connectivity index is 2.08. The van der Waals surface area contributed by atoms with Crippen LogP contribution < -0.4 is 15.4 Å². The average molecular weight is 354 g/mol. The first-order valence-corrected chi connectivity index (χ1v) is 7.14. The molecule has 0 radical (unpaired) electrons. The summed E-state index contributed by atoms with van der Waals surface area (Å²) in [6, 6.07) is 11.1. The third-order valence-electron chi connectivity index (χ3n) is 3.01. The van der Waals surface area contributed by atoms with E-state index in [0.29, 0.717) is 11.4 Å². The van der Waals surface area contributed by atoms with Crippen molar-refractivity contribution >= 4 is 34.5 Å². The number of ether oxygens (including phenoxy) is 1. The third-order valence-corrected chi connectivity index (χ3v) is 3.30. The van der Waals surface area contributed by atoms with Gasteiger partial charge in [-0.05, 0) is 30.3 Å². The lowest BCUT2D eigenvalue weighted by Crippen LogP contribution is -2.27. The highest BCUT2D eigenvalue weighted by Crippen LogP contribution is 2.30. The van der Waals surface area contributed by atoms with E-state index in [1.54, 1.807) is 24.3 Å². The van der Waals surface area contributed by atoms with Crippen LogP contribution in [0.5, 0.6) is 5.75 Å². The highest BCUT2D eigenvalue weighted by atomic mass is 32.1. The van der Waals surface area contributed by atoms with Gasteiger partial charge in [0.15, 0.2) is 4.99 Å². The SMILES string of the molecule is COc1ccccc1NC(=S)C(=O)Nc1cccc(C(F)(F)F)c1. The van der Waals surface area contributed by atoms with Crippen molar-refractivity contribution in [2.45, 2.75) is 6.18 Å². The molecule has 0 fully saturated rings. The molecule has 0 atom stereocenters. The van der Waals surface area contributed by atoms with Gasteiger partial charge in [-0.15, -0.1) is 0 Å².